The molecule has 1 saturated carbocycles. The van der Waals surface area contributed by atoms with Gasteiger partial charge in [0.25, 0.3) is 0 Å². The number of hydrogen-bond acceptors (Lipinski definition) is 3. The first kappa shape index (κ1) is 14.9. The van der Waals surface area contributed by atoms with Crippen LogP contribution >= 0.6 is 0 Å². The number of methoxy groups -OCH3 is 1. The number of nitrogens with zero attached hydrogens (tertiary/aromatic N) is 1. The van der Waals surface area contributed by atoms with E-state index in [1.54, 1.807) is 7.11 Å². The van der Waals surface area contributed by atoms with Crippen LogP contribution in [0.25, 0.3) is 0 Å². The van der Waals surface area contributed by atoms with Gasteiger partial charge >= 0.3 is 0 Å². The van der Waals surface area contributed by atoms with Crippen molar-refractivity contribution in [3.05, 3.63) is 29.3 Å². The highest BCUT2D eigenvalue weighted by Crippen LogP contribution is 2.26. The topological polar surface area (TPSA) is 55.6 Å². The average Bonchev–Trinajstić information content (AvgIpc) is 2.84. The van der Waals surface area contributed by atoms with Crippen molar-refractivity contribution in [3.8, 4) is 5.75 Å². The second-order valence-corrected chi connectivity index (χ2v) is 5.77. The van der Waals surface area contributed by atoms with E-state index >= 15 is 0 Å². The van der Waals surface area contributed by atoms with E-state index in [1.165, 1.54) is 0 Å². The minimum atomic E-state index is 0.106. The molecule has 1 aliphatic rings. The fourth-order valence-corrected chi connectivity index (χ4v) is 2.94. The van der Waals surface area contributed by atoms with Gasteiger partial charge in [-0.05, 0) is 43.4 Å². The highest BCUT2D eigenvalue weighted by molar-refractivity contribution is 5.79. The van der Waals surface area contributed by atoms with Crippen LogP contribution in [0.2, 0.25) is 0 Å². The van der Waals surface area contributed by atoms with Crippen LogP contribution in [-0.4, -0.2) is 31.0 Å². The molecule has 1 fully saturated rings. The summed E-state index contributed by atoms with van der Waals surface area (Å²) in [5, 5.41) is 0. The van der Waals surface area contributed by atoms with E-state index in [1.807, 2.05) is 31.0 Å². The van der Waals surface area contributed by atoms with Crippen LogP contribution in [0, 0.1) is 12.8 Å². The lowest BCUT2D eigenvalue weighted by atomic mass is 10.1. The third-order valence-corrected chi connectivity index (χ3v) is 4.08. The molecule has 20 heavy (non-hydrogen) atoms. The Bertz CT molecular complexity index is 487. The number of benzene rings is 1. The van der Waals surface area contributed by atoms with Crippen molar-refractivity contribution in [2.75, 3.05) is 14.2 Å². The third-order valence-electron chi connectivity index (χ3n) is 4.08. The highest BCUT2D eigenvalue weighted by atomic mass is 16.5. The van der Waals surface area contributed by atoms with Crippen molar-refractivity contribution < 1.29 is 9.53 Å². The second kappa shape index (κ2) is 6.27. The van der Waals surface area contributed by atoms with Gasteiger partial charge in [0.05, 0.1) is 7.11 Å². The first-order chi connectivity index (χ1) is 9.51. The molecule has 1 aliphatic carbocycles. The molecule has 0 bridgehead atoms. The molecule has 1 aromatic rings. The number of hydrogen-bond donors (Lipinski definition) is 1. The van der Waals surface area contributed by atoms with Gasteiger partial charge in [0, 0.05) is 25.6 Å². The molecule has 0 aromatic heterocycles. The standard InChI is InChI=1S/C16H24N2O2/c1-11-8-12(4-7-15(11)20-3)10-18(2)16(19)13-5-6-14(17)9-13/h4,7-8,13-14H,5-6,9-10,17H2,1-3H3/t13-,14+/m0/s1. The van der Waals surface area contributed by atoms with Crippen LogP contribution < -0.4 is 10.5 Å². The molecule has 0 unspecified atom stereocenters. The number of aryl methyl sites for hydroxylation is 1. The molecular formula is C16H24N2O2. The average molecular weight is 276 g/mol. The molecule has 110 valence electrons. The molecule has 0 heterocycles. The van der Waals surface area contributed by atoms with Crippen molar-refractivity contribution >= 4 is 5.91 Å². The molecule has 0 spiro atoms. The lowest BCUT2D eigenvalue weighted by Gasteiger charge is -2.21. The summed E-state index contributed by atoms with van der Waals surface area (Å²) in [6.45, 7) is 2.65. The monoisotopic (exact) mass is 276 g/mol. The van der Waals surface area contributed by atoms with E-state index in [-0.39, 0.29) is 17.9 Å². The first-order valence-electron chi connectivity index (χ1n) is 7.15. The van der Waals surface area contributed by atoms with E-state index in [4.69, 9.17) is 10.5 Å². The second-order valence-electron chi connectivity index (χ2n) is 5.77. The van der Waals surface area contributed by atoms with Crippen molar-refractivity contribution in [2.24, 2.45) is 11.7 Å². The number of carbonyl (C=O) groups excluding carboxylic acids is 1. The SMILES string of the molecule is COc1ccc(CN(C)C(=O)[C@H]2CC[C@@H](N)C2)cc1C. The van der Waals surface area contributed by atoms with E-state index < -0.39 is 0 Å². The molecule has 4 nitrogen and oxygen atoms in total. The molecule has 2 N–H and O–H groups in total. The molecule has 0 saturated heterocycles. The van der Waals surface area contributed by atoms with Crippen LogP contribution in [0.3, 0.4) is 0 Å². The van der Waals surface area contributed by atoms with Crippen molar-refractivity contribution in [3.63, 3.8) is 0 Å². The third kappa shape index (κ3) is 3.31. The van der Waals surface area contributed by atoms with E-state index in [9.17, 15) is 4.79 Å². The maximum Gasteiger partial charge on any atom is 0.225 e. The Morgan fingerprint density at radius 3 is 2.75 bits per heavy atom. The molecule has 4 heteroatoms. The molecule has 1 aromatic carbocycles. The van der Waals surface area contributed by atoms with Gasteiger partial charge in [-0.2, -0.15) is 0 Å². The summed E-state index contributed by atoms with van der Waals surface area (Å²) in [5.41, 5.74) is 8.10. The van der Waals surface area contributed by atoms with Crippen LogP contribution in [0.1, 0.15) is 30.4 Å². The van der Waals surface area contributed by atoms with Crippen molar-refractivity contribution in [1.82, 2.24) is 4.90 Å². The number of carbonyl (C=O) groups is 1. The van der Waals surface area contributed by atoms with Gasteiger partial charge in [0.15, 0.2) is 0 Å². The van der Waals surface area contributed by atoms with E-state index in [0.29, 0.717) is 6.54 Å². The lowest BCUT2D eigenvalue weighted by Crippen LogP contribution is -2.32. The Balaban J connectivity index is 1.98. The largest absolute Gasteiger partial charge is 0.496 e. The van der Waals surface area contributed by atoms with Crippen LogP contribution in [0.15, 0.2) is 18.2 Å². The highest BCUT2D eigenvalue weighted by Gasteiger charge is 2.29. The molecule has 2 rings (SSSR count). The molecule has 0 radical (unpaired) electrons. The van der Waals surface area contributed by atoms with Crippen LogP contribution in [0.5, 0.6) is 5.75 Å². The normalized spacial score (nSPS) is 21.8. The summed E-state index contributed by atoms with van der Waals surface area (Å²) in [7, 11) is 3.53. The lowest BCUT2D eigenvalue weighted by molar-refractivity contribution is -0.134. The van der Waals surface area contributed by atoms with E-state index in [0.717, 1.165) is 36.1 Å². The Morgan fingerprint density at radius 1 is 1.45 bits per heavy atom. The van der Waals surface area contributed by atoms with Gasteiger partial charge in [-0.15, -0.1) is 0 Å². The van der Waals surface area contributed by atoms with Gasteiger partial charge in [0.2, 0.25) is 5.91 Å². The quantitative estimate of drug-likeness (QED) is 0.916. The summed E-state index contributed by atoms with van der Waals surface area (Å²) < 4.78 is 5.25. The van der Waals surface area contributed by atoms with Gasteiger partial charge in [-0.25, -0.2) is 0 Å². The summed E-state index contributed by atoms with van der Waals surface area (Å²) in [5.74, 6) is 1.20. The fourth-order valence-electron chi connectivity index (χ4n) is 2.94. The van der Waals surface area contributed by atoms with Gasteiger partial charge in [-0.1, -0.05) is 12.1 Å². The van der Waals surface area contributed by atoms with Crippen molar-refractivity contribution in [1.29, 1.82) is 0 Å². The predicted molar refractivity (Wildman–Crippen MR) is 79.5 cm³/mol. The van der Waals surface area contributed by atoms with Crippen molar-refractivity contribution in [2.45, 2.75) is 38.8 Å². The number of amides is 1. The summed E-state index contributed by atoms with van der Waals surface area (Å²) in [6.07, 6.45) is 2.71. The maximum absolute atomic E-state index is 12.3. The maximum atomic E-state index is 12.3. The zero-order chi connectivity index (χ0) is 14.7. The molecule has 2 atom stereocenters. The Kier molecular flexibility index (Phi) is 4.65. The minimum Gasteiger partial charge on any atom is -0.496 e. The fraction of sp³-hybridized carbons (Fsp3) is 0.562. The van der Waals surface area contributed by atoms with Gasteiger partial charge < -0.3 is 15.4 Å². The summed E-state index contributed by atoms with van der Waals surface area (Å²) in [6, 6.07) is 6.23. The Morgan fingerprint density at radius 2 is 2.20 bits per heavy atom. The first-order valence-corrected chi connectivity index (χ1v) is 7.15. The molecular weight excluding hydrogens is 252 g/mol. The number of nitrogens with two attached hydrogens (primary N) is 1. The Hall–Kier alpha value is -1.55. The smallest absolute Gasteiger partial charge is 0.225 e. The Labute approximate surface area is 120 Å². The number of ether oxygens (including phenoxy) is 1. The van der Waals surface area contributed by atoms with Crippen LogP contribution in [-0.2, 0) is 11.3 Å². The van der Waals surface area contributed by atoms with Crippen LogP contribution in [0.4, 0.5) is 0 Å². The van der Waals surface area contributed by atoms with Gasteiger partial charge in [0.1, 0.15) is 5.75 Å². The van der Waals surface area contributed by atoms with Gasteiger partial charge in [-0.3, -0.25) is 4.79 Å². The summed E-state index contributed by atoms with van der Waals surface area (Å²) >= 11 is 0. The predicted octanol–water partition coefficient (Wildman–Crippen LogP) is 2.09. The molecule has 0 aliphatic heterocycles. The minimum absolute atomic E-state index is 0.106. The van der Waals surface area contributed by atoms with E-state index in [2.05, 4.69) is 6.07 Å². The molecule has 1 amide bonds. The zero-order valence-electron chi connectivity index (χ0n) is 12.6. The summed E-state index contributed by atoms with van der Waals surface area (Å²) in [4.78, 5) is 14.2. The zero-order valence-corrected chi connectivity index (χ0v) is 12.6. The number of rotatable bonds is 4.